The van der Waals surface area contributed by atoms with E-state index in [-0.39, 0.29) is 5.57 Å². The zero-order valence-electron chi connectivity index (χ0n) is 7.24. The lowest BCUT2D eigenvalue weighted by Crippen LogP contribution is -2.06. The molecule has 0 heterocycles. The number of carboxylic acid groups (broad SMARTS) is 1. The average Bonchev–Trinajstić information content (AvgIpc) is 2.10. The molecular weight excluding hydrogens is 190 g/mol. The van der Waals surface area contributed by atoms with E-state index in [2.05, 4.69) is 11.9 Å². The van der Waals surface area contributed by atoms with Crippen LogP contribution in [0.3, 0.4) is 0 Å². The Morgan fingerprint density at radius 1 is 1.69 bits per heavy atom. The normalized spacial score (nSPS) is 10.7. The maximum absolute atomic E-state index is 10.3. The average molecular weight is 201 g/mol. The summed E-state index contributed by atoms with van der Waals surface area (Å²) >= 11 is 1.22. The van der Waals surface area contributed by atoms with Gasteiger partial charge in [0.2, 0.25) is 0 Å². The third-order valence-electron chi connectivity index (χ3n) is 1.11. The zero-order valence-corrected chi connectivity index (χ0v) is 8.06. The van der Waals surface area contributed by atoms with Gasteiger partial charge < -0.3 is 15.2 Å². The van der Waals surface area contributed by atoms with E-state index in [9.17, 15) is 9.59 Å². The van der Waals surface area contributed by atoms with Crippen LogP contribution in [0, 0.1) is 0 Å². The molecule has 0 aromatic heterocycles. The molecular formula is C8H11NO3S. The molecule has 0 spiro atoms. The van der Waals surface area contributed by atoms with Gasteiger partial charge in [-0.15, -0.1) is 11.8 Å². The van der Waals surface area contributed by atoms with Gasteiger partial charge in [-0.3, -0.25) is 0 Å². The van der Waals surface area contributed by atoms with Crippen LogP contribution < -0.4 is 5.32 Å². The molecule has 0 radical (unpaired) electrons. The number of carbonyl (C=O) groups excluding carboxylic acids is 1. The Kier molecular flexibility index (Phi) is 5.71. The molecule has 13 heavy (non-hydrogen) atoms. The van der Waals surface area contributed by atoms with E-state index in [0.29, 0.717) is 10.8 Å². The van der Waals surface area contributed by atoms with Crippen molar-refractivity contribution in [3.05, 3.63) is 23.4 Å². The Labute approximate surface area is 80.7 Å². The molecule has 0 fully saturated rings. The lowest BCUT2D eigenvalue weighted by Gasteiger charge is -2.02. The van der Waals surface area contributed by atoms with E-state index in [1.807, 2.05) is 0 Å². The van der Waals surface area contributed by atoms with Crippen LogP contribution >= 0.6 is 11.8 Å². The maximum Gasteiger partial charge on any atom is 0.332 e. The van der Waals surface area contributed by atoms with Crippen LogP contribution in [0.25, 0.3) is 0 Å². The zero-order chi connectivity index (χ0) is 10.3. The quantitative estimate of drug-likeness (QED) is 0.495. The number of carbonyl (C=O) groups is 2. The molecule has 0 saturated heterocycles. The first-order chi connectivity index (χ1) is 6.07. The van der Waals surface area contributed by atoms with Gasteiger partial charge in [-0.2, -0.15) is 0 Å². The van der Waals surface area contributed by atoms with E-state index in [1.165, 1.54) is 24.9 Å². The molecule has 0 aromatic rings. The van der Waals surface area contributed by atoms with Crippen LogP contribution in [-0.4, -0.2) is 23.1 Å². The minimum Gasteiger partial charge on any atom is -0.478 e. The van der Waals surface area contributed by atoms with Crippen LogP contribution in [0.4, 0.5) is 0 Å². The largest absolute Gasteiger partial charge is 0.478 e. The van der Waals surface area contributed by atoms with Crippen LogP contribution in [0.5, 0.6) is 0 Å². The summed E-state index contributed by atoms with van der Waals surface area (Å²) in [5.74, 6) is -0.674. The van der Waals surface area contributed by atoms with E-state index < -0.39 is 5.97 Å². The second kappa shape index (κ2) is 6.30. The van der Waals surface area contributed by atoms with Gasteiger partial charge in [0.25, 0.3) is 0 Å². The number of carboxylic acids is 1. The van der Waals surface area contributed by atoms with Crippen molar-refractivity contribution in [2.24, 2.45) is 0 Å². The van der Waals surface area contributed by atoms with Crippen molar-refractivity contribution < 1.29 is 14.7 Å². The highest BCUT2D eigenvalue weighted by Gasteiger charge is 1.98. The summed E-state index contributed by atoms with van der Waals surface area (Å²) in [6.07, 6.45) is 2.09. The lowest BCUT2D eigenvalue weighted by atomic mass is 10.3. The van der Waals surface area contributed by atoms with Crippen molar-refractivity contribution in [2.45, 2.75) is 6.92 Å². The van der Waals surface area contributed by atoms with Crippen LogP contribution in [-0.2, 0) is 9.59 Å². The molecule has 0 aromatic carbocycles. The number of hydrogen-bond acceptors (Lipinski definition) is 4. The summed E-state index contributed by atoms with van der Waals surface area (Å²) in [5, 5.41) is 11.7. The van der Waals surface area contributed by atoms with E-state index in [4.69, 9.17) is 5.11 Å². The molecule has 0 aliphatic heterocycles. The first kappa shape index (κ1) is 11.8. The SMILES string of the molecule is C=C(N/C=C(\C)C(=O)O)SCC=O. The summed E-state index contributed by atoms with van der Waals surface area (Å²) in [5.41, 5.74) is 0.188. The first-order valence-corrected chi connectivity index (χ1v) is 4.48. The Bertz CT molecular complexity index is 248. The predicted octanol–water partition coefficient (Wildman–Crippen LogP) is 0.968. The van der Waals surface area contributed by atoms with Crippen LogP contribution in [0.1, 0.15) is 6.92 Å². The highest BCUT2D eigenvalue weighted by Crippen LogP contribution is 2.07. The summed E-state index contributed by atoms with van der Waals surface area (Å²) in [4.78, 5) is 20.3. The van der Waals surface area contributed by atoms with E-state index >= 15 is 0 Å². The van der Waals surface area contributed by atoms with Gasteiger partial charge in [0, 0.05) is 11.8 Å². The van der Waals surface area contributed by atoms with Crippen molar-refractivity contribution >= 4 is 24.0 Å². The minimum absolute atomic E-state index is 0.188. The molecule has 4 nitrogen and oxygen atoms in total. The number of thioether (sulfide) groups is 1. The third-order valence-corrected chi connectivity index (χ3v) is 1.88. The van der Waals surface area contributed by atoms with E-state index in [0.717, 1.165) is 6.29 Å². The van der Waals surface area contributed by atoms with Crippen molar-refractivity contribution in [2.75, 3.05) is 5.75 Å². The van der Waals surface area contributed by atoms with E-state index in [1.54, 1.807) is 0 Å². The fraction of sp³-hybridized carbons (Fsp3) is 0.250. The Morgan fingerprint density at radius 3 is 2.77 bits per heavy atom. The summed E-state index contributed by atoms with van der Waals surface area (Å²) in [6, 6.07) is 0. The number of nitrogens with one attached hydrogen (secondary N) is 1. The lowest BCUT2D eigenvalue weighted by molar-refractivity contribution is -0.132. The summed E-state index contributed by atoms with van der Waals surface area (Å²) in [7, 11) is 0. The standard InChI is InChI=1S/C8H11NO3S/c1-6(8(11)12)5-9-7(2)13-4-3-10/h3,5,9H,2,4H2,1H3,(H,11,12)/b6-5+. The second-order valence-corrected chi connectivity index (χ2v) is 3.29. The molecule has 0 aliphatic rings. The van der Waals surface area contributed by atoms with Gasteiger partial charge in [0.05, 0.1) is 10.8 Å². The van der Waals surface area contributed by atoms with Gasteiger partial charge in [-0.1, -0.05) is 6.58 Å². The number of aldehydes is 1. The Hall–Kier alpha value is -1.23. The monoisotopic (exact) mass is 201 g/mol. The molecule has 0 aliphatic carbocycles. The van der Waals surface area contributed by atoms with Crippen LogP contribution in [0.15, 0.2) is 23.4 Å². The molecule has 0 amide bonds. The number of rotatable bonds is 6. The highest BCUT2D eigenvalue weighted by molar-refractivity contribution is 8.03. The summed E-state index contributed by atoms with van der Waals surface area (Å²) in [6.45, 7) is 5.04. The molecule has 5 heteroatoms. The molecule has 0 bridgehead atoms. The van der Waals surface area contributed by atoms with Gasteiger partial charge in [0.15, 0.2) is 0 Å². The number of hydrogen-bond donors (Lipinski definition) is 2. The second-order valence-electron chi connectivity index (χ2n) is 2.18. The van der Waals surface area contributed by atoms with Crippen LogP contribution in [0.2, 0.25) is 0 Å². The third kappa shape index (κ3) is 5.98. The molecule has 2 N–H and O–H groups in total. The van der Waals surface area contributed by atoms with Crippen molar-refractivity contribution in [3.63, 3.8) is 0 Å². The van der Waals surface area contributed by atoms with Gasteiger partial charge in [0.1, 0.15) is 6.29 Å². The van der Waals surface area contributed by atoms with Gasteiger partial charge in [-0.25, -0.2) is 4.79 Å². The molecule has 0 saturated carbocycles. The molecule has 0 unspecified atom stereocenters. The Morgan fingerprint density at radius 2 is 2.31 bits per heavy atom. The highest BCUT2D eigenvalue weighted by atomic mass is 32.2. The first-order valence-electron chi connectivity index (χ1n) is 3.50. The topological polar surface area (TPSA) is 66.4 Å². The predicted molar refractivity (Wildman–Crippen MR) is 52.2 cm³/mol. The van der Waals surface area contributed by atoms with Gasteiger partial charge >= 0.3 is 5.97 Å². The molecule has 0 rings (SSSR count). The fourth-order valence-electron chi connectivity index (χ4n) is 0.427. The Balaban J connectivity index is 3.87. The summed E-state index contributed by atoms with van der Waals surface area (Å²) < 4.78 is 0. The number of aliphatic carboxylic acids is 1. The smallest absolute Gasteiger partial charge is 0.332 e. The van der Waals surface area contributed by atoms with Crippen molar-refractivity contribution in [3.8, 4) is 0 Å². The molecule has 0 atom stereocenters. The minimum atomic E-state index is -0.985. The molecule has 72 valence electrons. The van der Waals surface area contributed by atoms with Crippen molar-refractivity contribution in [1.82, 2.24) is 5.32 Å². The van der Waals surface area contributed by atoms with Crippen molar-refractivity contribution in [1.29, 1.82) is 0 Å². The fourth-order valence-corrected chi connectivity index (χ4v) is 0.838. The maximum atomic E-state index is 10.3. The van der Waals surface area contributed by atoms with Gasteiger partial charge in [-0.05, 0) is 6.92 Å².